The average Bonchev–Trinajstić information content (AvgIpc) is 2.10. The van der Waals surface area contributed by atoms with Crippen molar-refractivity contribution in [1.82, 2.24) is 0 Å². The molecule has 0 aromatic heterocycles. The van der Waals surface area contributed by atoms with Crippen molar-refractivity contribution < 1.29 is 9.47 Å². The quantitative estimate of drug-likeness (QED) is 0.636. The summed E-state index contributed by atoms with van der Waals surface area (Å²) in [5, 5.41) is 0. The molecule has 2 atom stereocenters. The normalized spacial score (nSPS) is 35.0. The van der Waals surface area contributed by atoms with Gasteiger partial charge in [-0.15, -0.1) is 0 Å². The molecule has 0 unspecified atom stereocenters. The fraction of sp³-hybridized carbons (Fsp3) is 1.00. The van der Waals surface area contributed by atoms with Crippen LogP contribution in [0.25, 0.3) is 0 Å². The van der Waals surface area contributed by atoms with Gasteiger partial charge in [0.15, 0.2) is 5.79 Å². The van der Waals surface area contributed by atoms with Crippen molar-refractivity contribution in [3.63, 3.8) is 0 Å². The van der Waals surface area contributed by atoms with Crippen LogP contribution in [-0.4, -0.2) is 26.0 Å². The minimum absolute atomic E-state index is 0.207. The number of ether oxygens (including phenoxy) is 2. The van der Waals surface area contributed by atoms with E-state index < -0.39 is 5.79 Å². The van der Waals surface area contributed by atoms with Gasteiger partial charge in [-0.25, -0.2) is 0 Å². The van der Waals surface area contributed by atoms with Crippen molar-refractivity contribution >= 4 is 0 Å². The molecule has 1 rings (SSSR count). The molecule has 0 aromatic rings. The third-order valence-electron chi connectivity index (χ3n) is 3.00. The first kappa shape index (κ1) is 9.96. The number of methoxy groups -OCH3 is 2. The van der Waals surface area contributed by atoms with Crippen LogP contribution in [0.3, 0.4) is 0 Å². The smallest absolute Gasteiger partial charge is 0.169 e. The van der Waals surface area contributed by atoms with E-state index in [2.05, 4.69) is 6.92 Å². The van der Waals surface area contributed by atoms with E-state index >= 15 is 0 Å². The molecule has 0 aliphatic heterocycles. The zero-order valence-corrected chi connectivity index (χ0v) is 8.17. The highest BCUT2D eigenvalue weighted by atomic mass is 16.7. The summed E-state index contributed by atoms with van der Waals surface area (Å²) < 4.78 is 10.7. The Labute approximate surface area is 74.2 Å². The molecule has 0 amide bonds. The van der Waals surface area contributed by atoms with Gasteiger partial charge in [0.05, 0.1) is 0 Å². The summed E-state index contributed by atoms with van der Waals surface area (Å²) in [5.74, 6) is 0.176. The Hall–Kier alpha value is -0.120. The van der Waals surface area contributed by atoms with E-state index in [0.717, 1.165) is 19.3 Å². The Morgan fingerprint density at radius 3 is 2.33 bits per heavy atom. The molecule has 1 aliphatic carbocycles. The van der Waals surface area contributed by atoms with Gasteiger partial charge >= 0.3 is 0 Å². The molecule has 0 spiro atoms. The van der Waals surface area contributed by atoms with Crippen LogP contribution in [0.15, 0.2) is 0 Å². The van der Waals surface area contributed by atoms with Crippen LogP contribution in [0.1, 0.15) is 26.2 Å². The van der Waals surface area contributed by atoms with E-state index in [-0.39, 0.29) is 6.04 Å². The molecule has 1 fully saturated rings. The summed E-state index contributed by atoms with van der Waals surface area (Å²) in [7, 11) is 3.37. The largest absolute Gasteiger partial charge is 0.353 e. The summed E-state index contributed by atoms with van der Waals surface area (Å²) in [4.78, 5) is 0. The van der Waals surface area contributed by atoms with Crippen LogP contribution in [0.2, 0.25) is 0 Å². The molecule has 12 heavy (non-hydrogen) atoms. The molecular weight excluding hydrogens is 154 g/mol. The molecule has 2 N–H and O–H groups in total. The molecule has 1 aliphatic rings. The molecule has 3 nitrogen and oxygen atoms in total. The lowest BCUT2D eigenvalue weighted by molar-refractivity contribution is -0.229. The third kappa shape index (κ3) is 1.79. The molecule has 0 aromatic carbocycles. The lowest BCUT2D eigenvalue weighted by Crippen LogP contribution is -2.47. The Kier molecular flexibility index (Phi) is 3.09. The lowest BCUT2D eigenvalue weighted by Gasteiger charge is -2.40. The second kappa shape index (κ2) is 3.73. The van der Waals surface area contributed by atoms with E-state index in [0.29, 0.717) is 5.92 Å². The molecule has 0 heterocycles. The molecule has 3 heteroatoms. The second-order valence-electron chi connectivity index (χ2n) is 3.70. The number of hydrogen-bond acceptors (Lipinski definition) is 3. The summed E-state index contributed by atoms with van der Waals surface area (Å²) in [5.41, 5.74) is 5.94. The van der Waals surface area contributed by atoms with E-state index in [1.165, 1.54) is 0 Å². The van der Waals surface area contributed by atoms with Gasteiger partial charge in [-0.2, -0.15) is 0 Å². The third-order valence-corrected chi connectivity index (χ3v) is 3.00. The lowest BCUT2D eigenvalue weighted by atomic mass is 9.82. The highest BCUT2D eigenvalue weighted by Crippen LogP contribution is 2.33. The zero-order valence-electron chi connectivity index (χ0n) is 8.17. The van der Waals surface area contributed by atoms with Crippen LogP contribution in [0.4, 0.5) is 0 Å². The maximum absolute atomic E-state index is 5.94. The predicted molar refractivity (Wildman–Crippen MR) is 47.7 cm³/mol. The first-order valence-corrected chi connectivity index (χ1v) is 4.49. The first-order chi connectivity index (χ1) is 5.63. The molecule has 0 bridgehead atoms. The van der Waals surface area contributed by atoms with E-state index in [9.17, 15) is 0 Å². The van der Waals surface area contributed by atoms with Gasteiger partial charge in [-0.05, 0) is 12.3 Å². The summed E-state index contributed by atoms with van der Waals surface area (Å²) >= 11 is 0. The van der Waals surface area contributed by atoms with Gasteiger partial charge in [0.25, 0.3) is 0 Å². The maximum atomic E-state index is 5.94. The topological polar surface area (TPSA) is 44.5 Å². The SMILES string of the molecule is COC1(OC)CC[C@H](C)[C@H](N)C1. The minimum Gasteiger partial charge on any atom is -0.353 e. The van der Waals surface area contributed by atoms with Crippen molar-refractivity contribution in [2.45, 2.75) is 38.0 Å². The van der Waals surface area contributed by atoms with Crippen molar-refractivity contribution in [2.24, 2.45) is 11.7 Å². The summed E-state index contributed by atoms with van der Waals surface area (Å²) in [6, 6.07) is 0.207. The van der Waals surface area contributed by atoms with Crippen molar-refractivity contribution in [3.05, 3.63) is 0 Å². The Balaban J connectivity index is 2.58. The summed E-state index contributed by atoms with van der Waals surface area (Å²) in [6.45, 7) is 2.18. The van der Waals surface area contributed by atoms with E-state index in [1.807, 2.05) is 0 Å². The number of hydrogen-bond donors (Lipinski definition) is 1. The van der Waals surface area contributed by atoms with Crippen LogP contribution >= 0.6 is 0 Å². The van der Waals surface area contributed by atoms with Crippen molar-refractivity contribution in [3.8, 4) is 0 Å². The van der Waals surface area contributed by atoms with Crippen LogP contribution in [-0.2, 0) is 9.47 Å². The molecule has 0 radical (unpaired) electrons. The monoisotopic (exact) mass is 173 g/mol. The Morgan fingerprint density at radius 2 is 1.92 bits per heavy atom. The maximum Gasteiger partial charge on any atom is 0.169 e. The highest BCUT2D eigenvalue weighted by Gasteiger charge is 2.38. The number of nitrogens with two attached hydrogens (primary N) is 1. The molecule has 1 saturated carbocycles. The average molecular weight is 173 g/mol. The first-order valence-electron chi connectivity index (χ1n) is 4.49. The fourth-order valence-corrected chi connectivity index (χ4v) is 1.78. The Bertz CT molecular complexity index is 145. The van der Waals surface area contributed by atoms with Crippen molar-refractivity contribution in [1.29, 1.82) is 0 Å². The van der Waals surface area contributed by atoms with Crippen molar-refractivity contribution in [2.75, 3.05) is 14.2 Å². The van der Waals surface area contributed by atoms with Crippen LogP contribution in [0, 0.1) is 5.92 Å². The Morgan fingerprint density at radius 1 is 1.33 bits per heavy atom. The minimum atomic E-state index is -0.411. The standard InChI is InChI=1S/C9H19NO2/c1-7-4-5-9(11-2,12-3)6-8(7)10/h7-8H,4-6,10H2,1-3H3/t7-,8+/m0/s1. The molecular formula is C9H19NO2. The van der Waals surface area contributed by atoms with Gasteiger partial charge in [0.2, 0.25) is 0 Å². The molecule has 0 saturated heterocycles. The predicted octanol–water partition coefficient (Wildman–Crippen LogP) is 1.12. The number of rotatable bonds is 2. The highest BCUT2D eigenvalue weighted by molar-refractivity contribution is 4.86. The van der Waals surface area contributed by atoms with E-state index in [4.69, 9.17) is 15.2 Å². The van der Waals surface area contributed by atoms with Crippen LogP contribution in [0.5, 0.6) is 0 Å². The summed E-state index contributed by atoms with van der Waals surface area (Å²) in [6.07, 6.45) is 2.85. The van der Waals surface area contributed by atoms with Gasteiger partial charge in [0.1, 0.15) is 0 Å². The van der Waals surface area contributed by atoms with Gasteiger partial charge in [0, 0.05) is 33.1 Å². The van der Waals surface area contributed by atoms with Gasteiger partial charge in [-0.3, -0.25) is 0 Å². The van der Waals surface area contributed by atoms with Gasteiger partial charge < -0.3 is 15.2 Å². The zero-order chi connectivity index (χ0) is 9.19. The second-order valence-corrected chi connectivity index (χ2v) is 3.70. The van der Waals surface area contributed by atoms with Gasteiger partial charge in [-0.1, -0.05) is 6.92 Å². The van der Waals surface area contributed by atoms with E-state index in [1.54, 1.807) is 14.2 Å². The fourth-order valence-electron chi connectivity index (χ4n) is 1.78. The van der Waals surface area contributed by atoms with Crippen LogP contribution < -0.4 is 5.73 Å². The molecule has 72 valence electrons.